The summed E-state index contributed by atoms with van der Waals surface area (Å²) < 4.78 is 0. The molecule has 0 spiro atoms. The molecule has 1 rings (SSSR count). The minimum atomic E-state index is -0.690. The Hall–Kier alpha value is -1.09. The first kappa shape index (κ1) is 12.0. The van der Waals surface area contributed by atoms with Crippen LogP contribution in [0.5, 0.6) is 0 Å². The highest BCUT2D eigenvalue weighted by atomic mass is 16.4. The summed E-state index contributed by atoms with van der Waals surface area (Å²) in [5.41, 5.74) is 1.43. The van der Waals surface area contributed by atoms with Crippen LogP contribution in [-0.2, 0) is 4.79 Å². The van der Waals surface area contributed by atoms with E-state index >= 15 is 0 Å². The first-order chi connectivity index (χ1) is 7.29. The van der Waals surface area contributed by atoms with E-state index in [4.69, 9.17) is 5.11 Å². The zero-order chi connectivity index (χ0) is 10.9. The second-order valence-corrected chi connectivity index (χ2v) is 3.84. The summed E-state index contributed by atoms with van der Waals surface area (Å²) in [6.07, 6.45) is 10.6. The molecule has 1 aliphatic carbocycles. The standard InChI is InChI=1S/C12H19NO2/c14-12(15)8-2-1-5-9-13-10-11-6-3-4-7-11/h3-4,6,13H,1-2,5,7-10H2,(H,14,15). The van der Waals surface area contributed by atoms with Crippen LogP contribution in [0.25, 0.3) is 0 Å². The van der Waals surface area contributed by atoms with E-state index in [-0.39, 0.29) is 0 Å². The molecule has 0 unspecified atom stereocenters. The molecule has 0 fully saturated rings. The third-order valence-corrected chi connectivity index (χ3v) is 2.44. The average Bonchev–Trinajstić information content (AvgIpc) is 2.68. The summed E-state index contributed by atoms with van der Waals surface area (Å²) in [6, 6.07) is 0. The van der Waals surface area contributed by atoms with Crippen molar-refractivity contribution < 1.29 is 9.90 Å². The van der Waals surface area contributed by atoms with Crippen LogP contribution in [0.1, 0.15) is 32.1 Å². The van der Waals surface area contributed by atoms with Gasteiger partial charge in [-0.25, -0.2) is 0 Å². The molecule has 0 aromatic rings. The maximum absolute atomic E-state index is 10.2. The lowest BCUT2D eigenvalue weighted by Gasteiger charge is -2.04. The van der Waals surface area contributed by atoms with Gasteiger partial charge in [-0.2, -0.15) is 0 Å². The lowest BCUT2D eigenvalue weighted by Crippen LogP contribution is -2.17. The van der Waals surface area contributed by atoms with Crippen LogP contribution in [0.3, 0.4) is 0 Å². The highest BCUT2D eigenvalue weighted by molar-refractivity contribution is 5.66. The molecule has 0 amide bonds. The number of nitrogens with one attached hydrogen (secondary N) is 1. The molecule has 0 aromatic carbocycles. The number of aliphatic carboxylic acids is 1. The fourth-order valence-corrected chi connectivity index (χ4v) is 1.57. The molecule has 15 heavy (non-hydrogen) atoms. The largest absolute Gasteiger partial charge is 0.481 e. The van der Waals surface area contributed by atoms with Crippen LogP contribution >= 0.6 is 0 Å². The quantitative estimate of drug-likeness (QED) is 0.602. The van der Waals surface area contributed by atoms with E-state index in [9.17, 15) is 4.79 Å². The fraction of sp³-hybridized carbons (Fsp3) is 0.583. The monoisotopic (exact) mass is 209 g/mol. The van der Waals surface area contributed by atoms with Crippen LogP contribution in [0, 0.1) is 0 Å². The molecule has 0 saturated heterocycles. The normalized spacial score (nSPS) is 14.3. The van der Waals surface area contributed by atoms with Crippen molar-refractivity contribution in [3.8, 4) is 0 Å². The van der Waals surface area contributed by atoms with Crippen LogP contribution in [0.15, 0.2) is 23.8 Å². The fourth-order valence-electron chi connectivity index (χ4n) is 1.57. The summed E-state index contributed by atoms with van der Waals surface area (Å²) in [5.74, 6) is -0.690. The average molecular weight is 209 g/mol. The van der Waals surface area contributed by atoms with E-state index in [1.165, 1.54) is 5.57 Å². The number of unbranched alkanes of at least 4 members (excludes halogenated alkanes) is 2. The topological polar surface area (TPSA) is 49.3 Å². The Morgan fingerprint density at radius 3 is 2.93 bits per heavy atom. The van der Waals surface area contributed by atoms with Crippen LogP contribution < -0.4 is 5.32 Å². The number of carbonyl (C=O) groups is 1. The maximum atomic E-state index is 10.2. The molecular weight excluding hydrogens is 190 g/mol. The van der Waals surface area contributed by atoms with Gasteiger partial charge in [-0.1, -0.05) is 30.2 Å². The summed E-state index contributed by atoms with van der Waals surface area (Å²) in [5, 5.41) is 11.8. The molecule has 0 bridgehead atoms. The van der Waals surface area contributed by atoms with Crippen molar-refractivity contribution in [2.45, 2.75) is 32.1 Å². The minimum absolute atomic E-state index is 0.301. The molecular formula is C12H19NO2. The first-order valence-electron chi connectivity index (χ1n) is 5.56. The number of carboxylic acids is 1. The molecule has 3 nitrogen and oxygen atoms in total. The summed E-state index contributed by atoms with van der Waals surface area (Å²) >= 11 is 0. The highest BCUT2D eigenvalue weighted by Crippen LogP contribution is 2.08. The number of hydrogen-bond donors (Lipinski definition) is 2. The van der Waals surface area contributed by atoms with Crippen molar-refractivity contribution in [2.24, 2.45) is 0 Å². The van der Waals surface area contributed by atoms with Gasteiger partial charge in [0.1, 0.15) is 0 Å². The molecule has 84 valence electrons. The lowest BCUT2D eigenvalue weighted by atomic mass is 10.2. The Balaban J connectivity index is 1.83. The number of hydrogen-bond acceptors (Lipinski definition) is 2. The third kappa shape index (κ3) is 6.07. The predicted molar refractivity (Wildman–Crippen MR) is 60.8 cm³/mol. The molecule has 0 aromatic heterocycles. The van der Waals surface area contributed by atoms with Crippen molar-refractivity contribution in [3.05, 3.63) is 23.8 Å². The highest BCUT2D eigenvalue weighted by Gasteiger charge is 1.99. The van der Waals surface area contributed by atoms with Crippen molar-refractivity contribution in [3.63, 3.8) is 0 Å². The van der Waals surface area contributed by atoms with Crippen LogP contribution in [0.4, 0.5) is 0 Å². The lowest BCUT2D eigenvalue weighted by molar-refractivity contribution is -0.137. The Bertz CT molecular complexity index is 256. The Kier molecular flexibility index (Phi) is 5.78. The van der Waals surface area contributed by atoms with Gasteiger partial charge in [0.2, 0.25) is 0 Å². The molecule has 0 aliphatic heterocycles. The van der Waals surface area contributed by atoms with Gasteiger partial charge in [0.15, 0.2) is 0 Å². The molecule has 0 heterocycles. The van der Waals surface area contributed by atoms with Crippen LogP contribution in [0.2, 0.25) is 0 Å². The van der Waals surface area contributed by atoms with Gasteiger partial charge < -0.3 is 10.4 Å². The Labute approximate surface area is 90.9 Å². The van der Waals surface area contributed by atoms with Crippen LogP contribution in [-0.4, -0.2) is 24.2 Å². The van der Waals surface area contributed by atoms with Gasteiger partial charge in [0.25, 0.3) is 0 Å². The van der Waals surface area contributed by atoms with Crippen molar-refractivity contribution in [1.82, 2.24) is 5.32 Å². The minimum Gasteiger partial charge on any atom is -0.481 e. The van der Waals surface area contributed by atoms with Gasteiger partial charge in [0, 0.05) is 13.0 Å². The smallest absolute Gasteiger partial charge is 0.303 e. The SMILES string of the molecule is O=C(O)CCCCCNCC1=CC=CC1. The maximum Gasteiger partial charge on any atom is 0.303 e. The van der Waals surface area contributed by atoms with Crippen molar-refractivity contribution in [2.75, 3.05) is 13.1 Å². The van der Waals surface area contributed by atoms with E-state index in [0.717, 1.165) is 38.8 Å². The van der Waals surface area contributed by atoms with E-state index in [2.05, 4.69) is 23.5 Å². The molecule has 0 saturated carbocycles. The number of allylic oxidation sites excluding steroid dienone is 3. The summed E-state index contributed by atoms with van der Waals surface area (Å²) in [7, 11) is 0. The van der Waals surface area contributed by atoms with Gasteiger partial charge in [-0.05, 0) is 25.8 Å². The number of carboxylic acid groups (broad SMARTS) is 1. The second kappa shape index (κ2) is 7.23. The summed E-state index contributed by atoms with van der Waals surface area (Å²) in [4.78, 5) is 10.2. The molecule has 0 atom stereocenters. The van der Waals surface area contributed by atoms with E-state index < -0.39 is 5.97 Å². The zero-order valence-electron chi connectivity index (χ0n) is 9.04. The predicted octanol–water partition coefficient (Wildman–Crippen LogP) is 2.11. The van der Waals surface area contributed by atoms with Gasteiger partial charge in [-0.15, -0.1) is 0 Å². The van der Waals surface area contributed by atoms with Gasteiger partial charge >= 0.3 is 5.97 Å². The Morgan fingerprint density at radius 1 is 1.40 bits per heavy atom. The molecule has 2 N–H and O–H groups in total. The van der Waals surface area contributed by atoms with Gasteiger partial charge in [0.05, 0.1) is 0 Å². The summed E-state index contributed by atoms with van der Waals surface area (Å²) in [6.45, 7) is 1.95. The van der Waals surface area contributed by atoms with Crippen molar-refractivity contribution >= 4 is 5.97 Å². The number of rotatable bonds is 8. The Morgan fingerprint density at radius 2 is 2.27 bits per heavy atom. The second-order valence-electron chi connectivity index (χ2n) is 3.84. The zero-order valence-corrected chi connectivity index (χ0v) is 9.04. The van der Waals surface area contributed by atoms with E-state index in [0.29, 0.717) is 6.42 Å². The third-order valence-electron chi connectivity index (χ3n) is 2.44. The first-order valence-corrected chi connectivity index (χ1v) is 5.56. The van der Waals surface area contributed by atoms with Gasteiger partial charge in [-0.3, -0.25) is 4.79 Å². The molecule has 0 radical (unpaired) electrons. The molecule has 1 aliphatic rings. The van der Waals surface area contributed by atoms with E-state index in [1.807, 2.05) is 0 Å². The van der Waals surface area contributed by atoms with Crippen molar-refractivity contribution in [1.29, 1.82) is 0 Å². The van der Waals surface area contributed by atoms with E-state index in [1.54, 1.807) is 0 Å². The molecule has 3 heteroatoms.